The van der Waals surface area contributed by atoms with Gasteiger partial charge in [0.1, 0.15) is 5.52 Å². The minimum absolute atomic E-state index is 0.0741. The number of hydrogen-bond donors (Lipinski definition) is 0. The van der Waals surface area contributed by atoms with E-state index >= 15 is 0 Å². The molecule has 1 amide bonds. The second-order valence-electron chi connectivity index (χ2n) is 6.19. The molecule has 0 aliphatic heterocycles. The third-order valence-electron chi connectivity index (χ3n) is 4.33. The largest absolute Gasteiger partial charge is 0.279 e. The van der Waals surface area contributed by atoms with Crippen LogP contribution in [-0.4, -0.2) is 17.1 Å². The van der Waals surface area contributed by atoms with Crippen molar-refractivity contribution in [3.8, 4) is 0 Å². The molecular formula is C22H17ClN2OS2. The van der Waals surface area contributed by atoms with Crippen molar-refractivity contribution in [1.82, 2.24) is 4.98 Å². The van der Waals surface area contributed by atoms with Crippen LogP contribution in [0.5, 0.6) is 0 Å². The molecule has 0 aliphatic carbocycles. The number of hydrogen-bond acceptors (Lipinski definition) is 4. The maximum atomic E-state index is 13.4. The summed E-state index contributed by atoms with van der Waals surface area (Å²) in [5.74, 6) is -0.0741. The molecule has 0 atom stereocenters. The molecule has 0 fully saturated rings. The van der Waals surface area contributed by atoms with Crippen molar-refractivity contribution in [3.05, 3.63) is 88.9 Å². The number of rotatable bonds is 5. The van der Waals surface area contributed by atoms with Gasteiger partial charge in [0.15, 0.2) is 5.13 Å². The van der Waals surface area contributed by atoms with E-state index in [4.69, 9.17) is 11.6 Å². The van der Waals surface area contributed by atoms with Gasteiger partial charge in [0.05, 0.1) is 16.3 Å². The average Bonchev–Trinajstić information content (AvgIpc) is 3.18. The van der Waals surface area contributed by atoms with Crippen LogP contribution in [0, 0.1) is 0 Å². The Labute approximate surface area is 177 Å². The highest BCUT2D eigenvalue weighted by atomic mass is 35.5. The van der Waals surface area contributed by atoms with E-state index in [0.29, 0.717) is 22.3 Å². The molecule has 4 aromatic rings. The Balaban J connectivity index is 1.78. The number of halogens is 1. The van der Waals surface area contributed by atoms with Crippen LogP contribution in [-0.2, 0) is 6.54 Å². The van der Waals surface area contributed by atoms with E-state index in [1.807, 2.05) is 79.1 Å². The standard InChI is InChI=1S/C22H17ClN2OS2/c1-27-17-10-5-9-16(13-17)21(26)25(14-15-7-3-2-4-8-15)22-24-20-18(23)11-6-12-19(20)28-22/h2-13H,14H2,1H3. The van der Waals surface area contributed by atoms with Crippen molar-refractivity contribution in [1.29, 1.82) is 0 Å². The van der Waals surface area contributed by atoms with Crippen LogP contribution in [0.25, 0.3) is 10.2 Å². The molecule has 4 rings (SSSR count). The minimum atomic E-state index is -0.0741. The van der Waals surface area contributed by atoms with Gasteiger partial charge in [0, 0.05) is 10.5 Å². The molecule has 1 aromatic heterocycles. The van der Waals surface area contributed by atoms with Gasteiger partial charge in [-0.25, -0.2) is 4.98 Å². The van der Waals surface area contributed by atoms with Crippen molar-refractivity contribution >= 4 is 56.0 Å². The second-order valence-corrected chi connectivity index (χ2v) is 8.49. The van der Waals surface area contributed by atoms with Crippen LogP contribution < -0.4 is 4.90 Å². The first-order valence-corrected chi connectivity index (χ1v) is 11.1. The normalized spacial score (nSPS) is 10.9. The predicted octanol–water partition coefficient (Wildman–Crippen LogP) is 6.52. The Hall–Kier alpha value is -2.34. The molecule has 3 aromatic carbocycles. The summed E-state index contributed by atoms with van der Waals surface area (Å²) in [7, 11) is 0. The summed E-state index contributed by atoms with van der Waals surface area (Å²) in [4.78, 5) is 20.9. The van der Waals surface area contributed by atoms with Crippen LogP contribution in [0.3, 0.4) is 0 Å². The quantitative estimate of drug-likeness (QED) is 0.342. The van der Waals surface area contributed by atoms with E-state index < -0.39 is 0 Å². The first kappa shape index (κ1) is 19.0. The highest BCUT2D eigenvalue weighted by Gasteiger charge is 2.22. The zero-order chi connectivity index (χ0) is 19.5. The number of thiazole rings is 1. The molecule has 140 valence electrons. The predicted molar refractivity (Wildman–Crippen MR) is 120 cm³/mol. The molecule has 0 aliphatic rings. The lowest BCUT2D eigenvalue weighted by atomic mass is 10.1. The Morgan fingerprint density at radius 3 is 2.61 bits per heavy atom. The monoisotopic (exact) mass is 424 g/mol. The molecule has 0 unspecified atom stereocenters. The van der Waals surface area contributed by atoms with Gasteiger partial charge >= 0.3 is 0 Å². The third-order valence-corrected chi connectivity index (χ3v) is 6.41. The summed E-state index contributed by atoms with van der Waals surface area (Å²) in [5, 5.41) is 1.24. The second kappa shape index (κ2) is 8.35. The van der Waals surface area contributed by atoms with E-state index in [2.05, 4.69) is 4.98 Å². The smallest absolute Gasteiger partial charge is 0.260 e. The Kier molecular flexibility index (Phi) is 5.67. The van der Waals surface area contributed by atoms with Crippen LogP contribution >= 0.6 is 34.7 Å². The van der Waals surface area contributed by atoms with Gasteiger partial charge in [0.2, 0.25) is 0 Å². The molecule has 0 saturated carbocycles. The Bertz CT molecular complexity index is 1130. The first-order chi connectivity index (χ1) is 13.7. The SMILES string of the molecule is CSc1cccc(C(=O)N(Cc2ccccc2)c2nc3c(Cl)cccc3s2)c1. The number of aromatic nitrogens is 1. The number of para-hydroxylation sites is 1. The third kappa shape index (κ3) is 3.92. The molecule has 6 heteroatoms. The van der Waals surface area contributed by atoms with Gasteiger partial charge in [-0.15, -0.1) is 11.8 Å². The maximum Gasteiger partial charge on any atom is 0.260 e. The molecule has 0 N–H and O–H groups in total. The fourth-order valence-corrected chi connectivity index (χ4v) is 4.65. The first-order valence-electron chi connectivity index (χ1n) is 8.70. The molecule has 0 bridgehead atoms. The number of anilines is 1. The van der Waals surface area contributed by atoms with Crippen LogP contribution in [0.1, 0.15) is 15.9 Å². The number of carbonyl (C=O) groups is 1. The lowest BCUT2D eigenvalue weighted by Gasteiger charge is -2.20. The van der Waals surface area contributed by atoms with E-state index in [9.17, 15) is 4.79 Å². The van der Waals surface area contributed by atoms with Gasteiger partial charge in [-0.1, -0.05) is 65.4 Å². The Morgan fingerprint density at radius 2 is 1.86 bits per heavy atom. The van der Waals surface area contributed by atoms with Crippen molar-refractivity contribution in [3.63, 3.8) is 0 Å². The molecular weight excluding hydrogens is 408 g/mol. The number of amides is 1. The summed E-state index contributed by atoms with van der Waals surface area (Å²) >= 11 is 9.40. The van der Waals surface area contributed by atoms with E-state index in [1.54, 1.807) is 16.7 Å². The maximum absolute atomic E-state index is 13.4. The minimum Gasteiger partial charge on any atom is -0.279 e. The molecule has 28 heavy (non-hydrogen) atoms. The van der Waals surface area contributed by atoms with Crippen LogP contribution in [0.2, 0.25) is 5.02 Å². The summed E-state index contributed by atoms with van der Waals surface area (Å²) in [6.45, 7) is 0.445. The summed E-state index contributed by atoms with van der Waals surface area (Å²) < 4.78 is 0.964. The fraction of sp³-hybridized carbons (Fsp3) is 0.0909. The van der Waals surface area contributed by atoms with Gasteiger partial charge in [-0.3, -0.25) is 9.69 Å². The van der Waals surface area contributed by atoms with E-state index in [1.165, 1.54) is 11.3 Å². The van der Waals surface area contributed by atoms with E-state index in [-0.39, 0.29) is 5.91 Å². The topological polar surface area (TPSA) is 33.2 Å². The lowest BCUT2D eigenvalue weighted by molar-refractivity contribution is 0.0985. The van der Waals surface area contributed by atoms with Crippen molar-refractivity contribution < 1.29 is 4.79 Å². The fourth-order valence-electron chi connectivity index (χ4n) is 2.92. The van der Waals surface area contributed by atoms with E-state index in [0.717, 1.165) is 20.7 Å². The number of benzene rings is 3. The highest BCUT2D eigenvalue weighted by Crippen LogP contribution is 2.34. The number of nitrogens with zero attached hydrogens (tertiary/aromatic N) is 2. The summed E-state index contributed by atoms with van der Waals surface area (Å²) in [6.07, 6.45) is 2.00. The van der Waals surface area contributed by atoms with Crippen LogP contribution in [0.4, 0.5) is 5.13 Å². The van der Waals surface area contributed by atoms with Crippen molar-refractivity contribution in [2.24, 2.45) is 0 Å². The average molecular weight is 425 g/mol. The zero-order valence-corrected chi connectivity index (χ0v) is 17.5. The molecule has 1 heterocycles. The summed E-state index contributed by atoms with van der Waals surface area (Å²) in [6, 6.07) is 23.3. The van der Waals surface area contributed by atoms with Crippen molar-refractivity contribution in [2.45, 2.75) is 11.4 Å². The number of carbonyl (C=O) groups excluding carboxylic acids is 1. The summed E-state index contributed by atoms with van der Waals surface area (Å²) in [5.41, 5.74) is 2.42. The van der Waals surface area contributed by atoms with Crippen LogP contribution in [0.15, 0.2) is 77.7 Å². The molecule has 0 spiro atoms. The van der Waals surface area contributed by atoms with Gasteiger partial charge in [-0.2, -0.15) is 0 Å². The number of fused-ring (bicyclic) bond motifs is 1. The molecule has 0 radical (unpaired) electrons. The van der Waals surface area contributed by atoms with Gasteiger partial charge in [0.25, 0.3) is 5.91 Å². The van der Waals surface area contributed by atoms with Gasteiger partial charge in [-0.05, 0) is 42.2 Å². The zero-order valence-electron chi connectivity index (χ0n) is 15.1. The highest BCUT2D eigenvalue weighted by molar-refractivity contribution is 7.98. The van der Waals surface area contributed by atoms with Crippen molar-refractivity contribution in [2.75, 3.05) is 11.2 Å². The molecule has 3 nitrogen and oxygen atoms in total. The number of thioether (sulfide) groups is 1. The lowest BCUT2D eigenvalue weighted by Crippen LogP contribution is -2.30. The molecule has 0 saturated heterocycles. The Morgan fingerprint density at radius 1 is 1.07 bits per heavy atom. The van der Waals surface area contributed by atoms with Gasteiger partial charge < -0.3 is 0 Å².